The molecule has 2 aromatic rings. The highest BCUT2D eigenvalue weighted by Crippen LogP contribution is 2.41. The van der Waals surface area contributed by atoms with Gasteiger partial charge in [-0.1, -0.05) is 29.8 Å². The molecular weight excluding hydrogens is 318 g/mol. The largest absolute Gasteiger partial charge is 0.348 e. The number of hydrogen-bond acceptors (Lipinski definition) is 4. The van der Waals surface area contributed by atoms with Gasteiger partial charge in [0.25, 0.3) is 0 Å². The zero-order valence-electron chi connectivity index (χ0n) is 14.1. The van der Waals surface area contributed by atoms with Gasteiger partial charge in [-0.3, -0.25) is 4.79 Å². The highest BCUT2D eigenvalue weighted by atomic mass is 32.1. The fourth-order valence-electron chi connectivity index (χ4n) is 4.13. The molecule has 0 atom stereocenters. The molecule has 4 nitrogen and oxygen atoms in total. The number of nitrogens with zero attached hydrogens (tertiary/aromatic N) is 3. The van der Waals surface area contributed by atoms with Crippen molar-refractivity contribution in [1.29, 1.82) is 0 Å². The van der Waals surface area contributed by atoms with Gasteiger partial charge in [0.05, 0.1) is 0 Å². The third-order valence-electron chi connectivity index (χ3n) is 5.48. The van der Waals surface area contributed by atoms with Gasteiger partial charge in [-0.15, -0.1) is 11.3 Å². The molecule has 1 aromatic heterocycles. The van der Waals surface area contributed by atoms with Gasteiger partial charge in [-0.25, -0.2) is 4.98 Å². The molecular formula is C19H23N3OS. The molecule has 24 heavy (non-hydrogen) atoms. The van der Waals surface area contributed by atoms with E-state index in [4.69, 9.17) is 0 Å². The number of anilines is 1. The summed E-state index contributed by atoms with van der Waals surface area (Å²) < 4.78 is 0. The summed E-state index contributed by atoms with van der Waals surface area (Å²) in [7, 11) is 0. The molecule has 2 aliphatic rings. The summed E-state index contributed by atoms with van der Waals surface area (Å²) in [6, 6.07) is 8.53. The average Bonchev–Trinajstić information content (AvgIpc) is 3.21. The fraction of sp³-hybridized carbons (Fsp3) is 0.474. The maximum atomic E-state index is 12.5. The highest BCUT2D eigenvalue weighted by Gasteiger charge is 2.46. The second-order valence-electron chi connectivity index (χ2n) is 7.00. The van der Waals surface area contributed by atoms with E-state index in [2.05, 4.69) is 46.0 Å². The van der Waals surface area contributed by atoms with E-state index in [9.17, 15) is 4.79 Å². The molecule has 1 aromatic carbocycles. The summed E-state index contributed by atoms with van der Waals surface area (Å²) in [6.45, 7) is 4.84. The standard InChI is InChI=1S/C19H23N3OS/c1-15-3-2-4-16(13-15)14-22-17(23)5-6-19(22)7-10-21(11-8-19)18-20-9-12-24-18/h2-4,9,12-13H,5-8,10-11,14H2,1H3. The van der Waals surface area contributed by atoms with Crippen molar-refractivity contribution in [3.63, 3.8) is 0 Å². The Kier molecular flexibility index (Phi) is 4.04. The number of carbonyl (C=O) groups excluding carboxylic acids is 1. The maximum absolute atomic E-state index is 12.5. The van der Waals surface area contributed by atoms with Crippen molar-refractivity contribution in [2.45, 2.75) is 44.7 Å². The van der Waals surface area contributed by atoms with Crippen molar-refractivity contribution in [2.75, 3.05) is 18.0 Å². The van der Waals surface area contributed by atoms with Crippen LogP contribution in [0.5, 0.6) is 0 Å². The molecule has 1 spiro atoms. The van der Waals surface area contributed by atoms with Crippen LogP contribution in [-0.2, 0) is 11.3 Å². The Morgan fingerprint density at radius 2 is 2.08 bits per heavy atom. The van der Waals surface area contributed by atoms with Gasteiger partial charge in [0, 0.05) is 43.2 Å². The van der Waals surface area contributed by atoms with E-state index in [1.54, 1.807) is 11.3 Å². The van der Waals surface area contributed by atoms with Crippen molar-refractivity contribution in [3.8, 4) is 0 Å². The number of rotatable bonds is 3. The molecule has 2 aliphatic heterocycles. The van der Waals surface area contributed by atoms with Crippen molar-refractivity contribution in [2.24, 2.45) is 0 Å². The minimum atomic E-state index is 0.0502. The minimum Gasteiger partial charge on any atom is -0.348 e. The third-order valence-corrected chi connectivity index (χ3v) is 6.32. The average molecular weight is 341 g/mol. The van der Waals surface area contributed by atoms with Gasteiger partial charge in [-0.05, 0) is 31.7 Å². The van der Waals surface area contributed by atoms with Crippen LogP contribution in [-0.4, -0.2) is 34.4 Å². The Bertz CT molecular complexity index is 720. The SMILES string of the molecule is Cc1cccc(CN2C(=O)CCC23CCN(c2nccs2)CC3)c1. The van der Waals surface area contributed by atoms with Gasteiger partial charge in [0.1, 0.15) is 0 Å². The molecule has 126 valence electrons. The van der Waals surface area contributed by atoms with Crippen LogP contribution in [0, 0.1) is 6.92 Å². The van der Waals surface area contributed by atoms with Gasteiger partial charge < -0.3 is 9.80 Å². The van der Waals surface area contributed by atoms with Crippen LogP contribution < -0.4 is 4.90 Å². The van der Waals surface area contributed by atoms with Crippen LogP contribution in [0.1, 0.15) is 36.8 Å². The summed E-state index contributed by atoms with van der Waals surface area (Å²) in [5, 5.41) is 3.14. The molecule has 2 fully saturated rings. The molecule has 1 amide bonds. The van der Waals surface area contributed by atoms with Gasteiger partial charge in [0.2, 0.25) is 5.91 Å². The predicted molar refractivity (Wildman–Crippen MR) is 97.3 cm³/mol. The summed E-state index contributed by atoms with van der Waals surface area (Å²) in [4.78, 5) is 21.5. The van der Waals surface area contributed by atoms with Crippen molar-refractivity contribution in [1.82, 2.24) is 9.88 Å². The lowest BCUT2D eigenvalue weighted by atomic mass is 9.85. The first kappa shape index (κ1) is 15.6. The van der Waals surface area contributed by atoms with Crippen LogP contribution in [0.15, 0.2) is 35.8 Å². The molecule has 3 heterocycles. The zero-order valence-corrected chi connectivity index (χ0v) is 14.9. The number of piperidine rings is 1. The fourth-order valence-corrected chi connectivity index (χ4v) is 4.83. The first-order valence-corrected chi connectivity index (χ1v) is 9.55. The molecule has 2 saturated heterocycles. The smallest absolute Gasteiger partial charge is 0.223 e. The van der Waals surface area contributed by atoms with E-state index in [0.717, 1.165) is 44.0 Å². The molecule has 0 radical (unpaired) electrons. The predicted octanol–water partition coefficient (Wildman–Crippen LogP) is 3.61. The lowest BCUT2D eigenvalue weighted by molar-refractivity contribution is -0.132. The quantitative estimate of drug-likeness (QED) is 0.856. The second-order valence-corrected chi connectivity index (χ2v) is 7.87. The zero-order chi connectivity index (χ0) is 16.6. The summed E-state index contributed by atoms with van der Waals surface area (Å²) in [6.07, 6.45) is 5.66. The van der Waals surface area contributed by atoms with Crippen LogP contribution in [0.3, 0.4) is 0 Å². The van der Waals surface area contributed by atoms with E-state index >= 15 is 0 Å². The van der Waals surface area contributed by atoms with Crippen molar-refractivity contribution in [3.05, 3.63) is 47.0 Å². The number of aryl methyl sites for hydroxylation is 1. The van der Waals surface area contributed by atoms with Crippen molar-refractivity contribution < 1.29 is 4.79 Å². The van der Waals surface area contributed by atoms with Gasteiger partial charge in [-0.2, -0.15) is 0 Å². The van der Waals surface area contributed by atoms with E-state index in [1.807, 2.05) is 11.6 Å². The number of amides is 1. The van der Waals surface area contributed by atoms with E-state index in [1.165, 1.54) is 11.1 Å². The Morgan fingerprint density at radius 1 is 1.25 bits per heavy atom. The Hall–Kier alpha value is -1.88. The lowest BCUT2D eigenvalue weighted by Gasteiger charge is -2.45. The second kappa shape index (κ2) is 6.20. The molecule has 0 aliphatic carbocycles. The summed E-state index contributed by atoms with van der Waals surface area (Å²) in [5.41, 5.74) is 2.55. The maximum Gasteiger partial charge on any atom is 0.223 e. The van der Waals surface area contributed by atoms with Crippen LogP contribution in [0.25, 0.3) is 0 Å². The first-order valence-electron chi connectivity index (χ1n) is 8.67. The van der Waals surface area contributed by atoms with E-state index in [-0.39, 0.29) is 5.54 Å². The van der Waals surface area contributed by atoms with E-state index in [0.29, 0.717) is 12.3 Å². The van der Waals surface area contributed by atoms with Crippen molar-refractivity contribution >= 4 is 22.4 Å². The summed E-state index contributed by atoms with van der Waals surface area (Å²) in [5.74, 6) is 0.319. The number of benzene rings is 1. The monoisotopic (exact) mass is 341 g/mol. The van der Waals surface area contributed by atoms with Crippen LogP contribution in [0.4, 0.5) is 5.13 Å². The molecule has 4 rings (SSSR count). The number of aromatic nitrogens is 1. The number of carbonyl (C=O) groups is 1. The van der Waals surface area contributed by atoms with Gasteiger partial charge in [0.15, 0.2) is 5.13 Å². The minimum absolute atomic E-state index is 0.0502. The third kappa shape index (κ3) is 2.81. The molecule has 5 heteroatoms. The highest BCUT2D eigenvalue weighted by molar-refractivity contribution is 7.13. The topological polar surface area (TPSA) is 36.4 Å². The first-order chi connectivity index (χ1) is 11.7. The van der Waals surface area contributed by atoms with Gasteiger partial charge >= 0.3 is 0 Å². The normalized spacial score (nSPS) is 20.1. The Labute approximate surface area is 147 Å². The summed E-state index contributed by atoms with van der Waals surface area (Å²) >= 11 is 1.70. The van der Waals surface area contributed by atoms with Crippen LogP contribution in [0.2, 0.25) is 0 Å². The Balaban J connectivity index is 1.50. The molecule has 0 N–H and O–H groups in total. The number of thiazole rings is 1. The van der Waals surface area contributed by atoms with E-state index < -0.39 is 0 Å². The molecule has 0 unspecified atom stereocenters. The lowest BCUT2D eigenvalue weighted by Crippen LogP contribution is -2.52. The molecule has 0 saturated carbocycles. The molecule has 0 bridgehead atoms. The Morgan fingerprint density at radius 3 is 2.79 bits per heavy atom. The van der Waals surface area contributed by atoms with Crippen LogP contribution >= 0.6 is 11.3 Å². The number of hydrogen-bond donors (Lipinski definition) is 0. The number of likely N-dealkylation sites (tertiary alicyclic amines) is 1.